The molecule has 1 aromatic heterocycles. The number of amides is 1. The van der Waals surface area contributed by atoms with Gasteiger partial charge < -0.3 is 14.5 Å². The van der Waals surface area contributed by atoms with Crippen molar-refractivity contribution in [3.8, 4) is 11.1 Å². The Bertz CT molecular complexity index is 1570. The predicted octanol–water partition coefficient (Wildman–Crippen LogP) is 5.67. The maximum atomic E-state index is 15.1. The number of benzene rings is 2. The lowest BCUT2D eigenvalue weighted by atomic mass is 10.0. The van der Waals surface area contributed by atoms with Gasteiger partial charge in [-0.15, -0.1) is 11.8 Å². The quantitative estimate of drug-likeness (QED) is 0.268. The number of rotatable bonds is 5. The summed E-state index contributed by atoms with van der Waals surface area (Å²) in [4.78, 5) is 34.8. The number of hydrogen-bond acceptors (Lipinski definition) is 6. The number of anilines is 1. The number of carbonyl (C=O) groups excluding carboxylic acids is 1. The molecule has 1 saturated heterocycles. The predicted molar refractivity (Wildman–Crippen MR) is 162 cm³/mol. The Kier molecular flexibility index (Phi) is 9.11. The fraction of sp³-hybridized carbons (Fsp3) is 0.370. The molecular formula is C27H28Cl2F2N4O3S2. The van der Waals surface area contributed by atoms with Crippen LogP contribution in [0.1, 0.15) is 19.9 Å². The van der Waals surface area contributed by atoms with E-state index >= 15 is 4.39 Å². The molecule has 3 aromatic rings. The number of aromatic nitrogens is 2. The topological polar surface area (TPSA) is 67.7 Å². The molecule has 5 rings (SSSR count). The van der Waals surface area contributed by atoms with Crippen LogP contribution in [0.4, 0.5) is 14.6 Å². The molecule has 3 heterocycles. The summed E-state index contributed by atoms with van der Waals surface area (Å²) in [7, 11) is 1.56. The molecule has 0 spiro atoms. The second-order valence-electron chi connectivity index (χ2n) is 9.76. The van der Waals surface area contributed by atoms with Crippen molar-refractivity contribution >= 4 is 71.1 Å². The Balaban J connectivity index is 0.00000370. The van der Waals surface area contributed by atoms with Gasteiger partial charge in [0.15, 0.2) is 0 Å². The monoisotopic (exact) mass is 628 g/mol. The molecule has 214 valence electrons. The molecule has 0 saturated carbocycles. The molecule has 7 nitrogen and oxygen atoms in total. The molecule has 40 heavy (non-hydrogen) atoms. The number of halogens is 4. The minimum Gasteiger partial charge on any atom is -0.383 e. The zero-order valence-corrected chi connectivity index (χ0v) is 25.3. The van der Waals surface area contributed by atoms with E-state index in [0.717, 1.165) is 6.07 Å². The lowest BCUT2D eigenvalue weighted by Crippen LogP contribution is -2.58. The number of methoxy groups -OCH3 is 1. The maximum Gasteiger partial charge on any atom is 0.350 e. The van der Waals surface area contributed by atoms with Crippen molar-refractivity contribution in [1.29, 1.82) is 0 Å². The highest BCUT2D eigenvalue weighted by Gasteiger charge is 2.36. The fourth-order valence-corrected chi connectivity index (χ4v) is 7.24. The number of hydrogen-bond donors (Lipinski definition) is 0. The number of ether oxygens (including phenoxy) is 1. The van der Waals surface area contributed by atoms with Gasteiger partial charge in [0.05, 0.1) is 28.2 Å². The Morgan fingerprint density at radius 3 is 2.58 bits per heavy atom. The van der Waals surface area contributed by atoms with E-state index in [-0.39, 0.29) is 59.7 Å². The van der Waals surface area contributed by atoms with Crippen molar-refractivity contribution in [3.05, 3.63) is 63.0 Å². The first-order valence-corrected chi connectivity index (χ1v) is 14.1. The fourth-order valence-electron chi connectivity index (χ4n) is 5.40. The van der Waals surface area contributed by atoms with Gasteiger partial charge >= 0.3 is 5.69 Å². The van der Waals surface area contributed by atoms with Crippen LogP contribution in [0.2, 0.25) is 10.0 Å². The van der Waals surface area contributed by atoms with Gasteiger partial charge in [-0.25, -0.2) is 13.6 Å². The third kappa shape index (κ3) is 5.11. The van der Waals surface area contributed by atoms with Gasteiger partial charge in [-0.2, -0.15) is 18.5 Å². The third-order valence-electron chi connectivity index (χ3n) is 7.24. The van der Waals surface area contributed by atoms with Gasteiger partial charge in [-0.3, -0.25) is 9.36 Å². The summed E-state index contributed by atoms with van der Waals surface area (Å²) < 4.78 is 36.0. The van der Waals surface area contributed by atoms with Crippen molar-refractivity contribution in [3.63, 3.8) is 0 Å². The standard InChI is InChI=1S/C27H26Cl2F2N4O3S.H2S/c1-5-22(36)33-9-14(3)34(10-13(33)2)26-17-7-19(29)23(16-6-18(28)21(31)8-20(16)30)25-24(17)35(27(37)32-26)15(11-38-4)12-39-25;/h5-8,13-15H,1,9-12H2,2-4H3;1H2/t13-,14+,15+;/m1./s1. The highest BCUT2D eigenvalue weighted by molar-refractivity contribution is 7.99. The molecule has 13 heteroatoms. The summed E-state index contributed by atoms with van der Waals surface area (Å²) in [5, 5.41) is 0.587. The zero-order valence-electron chi connectivity index (χ0n) is 22.0. The van der Waals surface area contributed by atoms with E-state index in [1.807, 2.05) is 18.7 Å². The summed E-state index contributed by atoms with van der Waals surface area (Å²) in [5.74, 6) is -0.969. The van der Waals surface area contributed by atoms with E-state index < -0.39 is 17.3 Å². The average Bonchev–Trinajstić information content (AvgIpc) is 2.90. The van der Waals surface area contributed by atoms with Gasteiger partial charge in [-0.05, 0) is 32.1 Å². The number of nitrogens with zero attached hydrogens (tertiary/aromatic N) is 4. The van der Waals surface area contributed by atoms with Gasteiger partial charge in [-0.1, -0.05) is 29.8 Å². The Labute approximate surface area is 251 Å². The molecule has 1 amide bonds. The van der Waals surface area contributed by atoms with Crippen LogP contribution in [0.15, 0.2) is 40.5 Å². The van der Waals surface area contributed by atoms with Crippen molar-refractivity contribution in [2.75, 3.05) is 37.5 Å². The van der Waals surface area contributed by atoms with E-state index in [1.165, 1.54) is 23.9 Å². The highest BCUT2D eigenvalue weighted by atomic mass is 35.5. The van der Waals surface area contributed by atoms with E-state index in [0.29, 0.717) is 46.0 Å². The van der Waals surface area contributed by atoms with E-state index in [1.54, 1.807) is 22.6 Å². The molecule has 2 aliphatic rings. The molecule has 0 bridgehead atoms. The molecule has 2 aliphatic heterocycles. The van der Waals surface area contributed by atoms with Crippen LogP contribution >= 0.6 is 48.5 Å². The Hall–Kier alpha value is -2.31. The summed E-state index contributed by atoms with van der Waals surface area (Å²) in [6.07, 6.45) is 1.29. The second kappa shape index (κ2) is 11.9. The average molecular weight is 630 g/mol. The van der Waals surface area contributed by atoms with Crippen molar-refractivity contribution in [1.82, 2.24) is 14.5 Å². The zero-order chi connectivity index (χ0) is 28.2. The Morgan fingerprint density at radius 1 is 1.18 bits per heavy atom. The molecule has 0 N–H and O–H groups in total. The van der Waals surface area contributed by atoms with Crippen LogP contribution in [0, 0.1) is 11.6 Å². The van der Waals surface area contributed by atoms with Gasteiger partial charge in [0.1, 0.15) is 17.5 Å². The first kappa shape index (κ1) is 30.6. The number of thioether (sulfide) groups is 1. The minimum atomic E-state index is -0.878. The van der Waals surface area contributed by atoms with Gasteiger partial charge in [0.25, 0.3) is 0 Å². The first-order chi connectivity index (χ1) is 18.6. The maximum absolute atomic E-state index is 15.1. The lowest BCUT2D eigenvalue weighted by molar-refractivity contribution is -0.128. The van der Waals surface area contributed by atoms with E-state index in [4.69, 9.17) is 27.9 Å². The molecule has 3 atom stereocenters. The summed E-state index contributed by atoms with van der Waals surface area (Å²) in [5.41, 5.74) is 0.442. The number of carbonyl (C=O) groups is 1. The minimum absolute atomic E-state index is 0. The smallest absolute Gasteiger partial charge is 0.350 e. The molecule has 0 aliphatic carbocycles. The third-order valence-corrected chi connectivity index (χ3v) is 9.06. The van der Waals surface area contributed by atoms with E-state index in [9.17, 15) is 14.0 Å². The lowest BCUT2D eigenvalue weighted by Gasteiger charge is -2.45. The van der Waals surface area contributed by atoms with Gasteiger partial charge in [0, 0.05) is 65.5 Å². The molecular weight excluding hydrogens is 601 g/mol. The Morgan fingerprint density at radius 2 is 1.90 bits per heavy atom. The molecule has 0 unspecified atom stereocenters. The van der Waals surface area contributed by atoms with Crippen LogP contribution in [-0.2, 0) is 9.53 Å². The van der Waals surface area contributed by atoms with Crippen molar-refractivity contribution in [2.45, 2.75) is 36.9 Å². The van der Waals surface area contributed by atoms with Crippen LogP contribution < -0.4 is 10.6 Å². The van der Waals surface area contributed by atoms with Crippen molar-refractivity contribution in [2.24, 2.45) is 0 Å². The molecule has 2 aromatic carbocycles. The van der Waals surface area contributed by atoms with Crippen molar-refractivity contribution < 1.29 is 18.3 Å². The largest absolute Gasteiger partial charge is 0.383 e. The van der Waals surface area contributed by atoms with Crippen LogP contribution in [-0.4, -0.2) is 65.0 Å². The van der Waals surface area contributed by atoms with Crippen LogP contribution in [0.3, 0.4) is 0 Å². The highest BCUT2D eigenvalue weighted by Crippen LogP contribution is 2.48. The normalized spacial score (nSPS) is 20.4. The van der Waals surface area contributed by atoms with Gasteiger partial charge in [0.2, 0.25) is 5.91 Å². The number of piperazine rings is 1. The summed E-state index contributed by atoms with van der Waals surface area (Å²) >= 11 is 14.3. The van der Waals surface area contributed by atoms with Crippen LogP contribution in [0.5, 0.6) is 0 Å². The van der Waals surface area contributed by atoms with E-state index in [2.05, 4.69) is 11.6 Å². The summed E-state index contributed by atoms with van der Waals surface area (Å²) in [6.45, 7) is 8.59. The second-order valence-corrected chi connectivity index (χ2v) is 11.6. The molecule has 1 fully saturated rings. The first-order valence-electron chi connectivity index (χ1n) is 12.3. The SMILES string of the molecule is C=CC(=O)N1C[C@H](C)N(c2nc(=O)n3c4c(c(-c5cc(Cl)c(F)cc5F)c(Cl)cc24)SC[C@@H]3COC)C[C@H]1C.S. The summed E-state index contributed by atoms with van der Waals surface area (Å²) in [6, 6.07) is 2.94. The molecule has 0 radical (unpaired) electrons. The van der Waals surface area contributed by atoms with Crippen LogP contribution in [0.25, 0.3) is 22.0 Å².